The lowest BCUT2D eigenvalue weighted by Gasteiger charge is -2.34. The van der Waals surface area contributed by atoms with E-state index in [2.05, 4.69) is 36.8 Å². The predicted molar refractivity (Wildman–Crippen MR) is 184 cm³/mol. The highest BCUT2D eigenvalue weighted by molar-refractivity contribution is 6.84. The van der Waals surface area contributed by atoms with Crippen molar-refractivity contribution in [2.75, 3.05) is 41.5 Å². The lowest BCUT2D eigenvalue weighted by molar-refractivity contribution is -0.386. The molecule has 0 fully saturated rings. The standard InChI is InChI=1S/C30H46N4O13Si2/c1-41-25-15-21(23(33(37)38)17-27(25)43-3)19-45-29(35)31-11-9-13-48(5,6)47-49(7,8)14-10-12-32-30(36)46-20-22-16-26(42-2)28(44-4)18-24(22)34(39)40/h15-18H,9-14,19-20H2,1-8H3,(H,31,35)(H,32,36). The Balaban J connectivity index is 1.74. The van der Waals surface area contributed by atoms with Gasteiger partial charge >= 0.3 is 12.2 Å². The van der Waals surface area contributed by atoms with Crippen molar-refractivity contribution in [2.45, 2.75) is 64.3 Å². The number of carbonyl (C=O) groups is 2. The zero-order valence-electron chi connectivity index (χ0n) is 29.2. The van der Waals surface area contributed by atoms with E-state index in [9.17, 15) is 29.8 Å². The number of hydrogen-bond acceptors (Lipinski definition) is 13. The van der Waals surface area contributed by atoms with Crippen molar-refractivity contribution < 1.29 is 52.0 Å². The van der Waals surface area contributed by atoms with Crippen LogP contribution in [0, 0.1) is 20.2 Å². The summed E-state index contributed by atoms with van der Waals surface area (Å²) in [6.45, 7) is 8.48. The maximum atomic E-state index is 12.3. The normalized spacial score (nSPS) is 11.3. The Hall–Kier alpha value is -4.63. The number of nitro benzene ring substituents is 2. The molecule has 0 heterocycles. The van der Waals surface area contributed by atoms with Crippen LogP contribution in [0.5, 0.6) is 23.0 Å². The van der Waals surface area contributed by atoms with Crippen LogP contribution in [0.4, 0.5) is 21.0 Å². The summed E-state index contributed by atoms with van der Waals surface area (Å²) >= 11 is 0. The van der Waals surface area contributed by atoms with Crippen LogP contribution in [0.25, 0.3) is 0 Å². The lowest BCUT2D eigenvalue weighted by atomic mass is 10.1. The molecule has 2 amide bonds. The summed E-state index contributed by atoms with van der Waals surface area (Å²) in [6, 6.07) is 6.80. The van der Waals surface area contributed by atoms with E-state index >= 15 is 0 Å². The van der Waals surface area contributed by atoms with E-state index in [-0.39, 0.29) is 58.7 Å². The monoisotopic (exact) mass is 726 g/mol. The molecule has 0 saturated carbocycles. The molecule has 272 valence electrons. The number of alkyl carbamates (subject to hydrolysis) is 2. The number of methoxy groups -OCH3 is 4. The van der Waals surface area contributed by atoms with Crippen molar-refractivity contribution in [1.29, 1.82) is 0 Å². The molecule has 2 aromatic rings. The summed E-state index contributed by atoms with van der Waals surface area (Å²) in [5.74, 6) is 0.947. The van der Waals surface area contributed by atoms with Gasteiger partial charge in [0.15, 0.2) is 39.6 Å². The molecule has 0 radical (unpaired) electrons. The van der Waals surface area contributed by atoms with Crippen LogP contribution in [0.15, 0.2) is 24.3 Å². The van der Waals surface area contributed by atoms with Crippen molar-refractivity contribution in [3.8, 4) is 23.0 Å². The van der Waals surface area contributed by atoms with Crippen molar-refractivity contribution in [1.82, 2.24) is 10.6 Å². The van der Waals surface area contributed by atoms with Gasteiger partial charge in [0.1, 0.15) is 13.2 Å². The van der Waals surface area contributed by atoms with Crippen LogP contribution >= 0.6 is 0 Å². The third-order valence-corrected chi connectivity index (χ3v) is 14.8. The number of nitrogens with one attached hydrogen (secondary N) is 2. The Morgan fingerprint density at radius 3 is 1.27 bits per heavy atom. The molecule has 0 aromatic heterocycles. The summed E-state index contributed by atoms with van der Waals surface area (Å²) in [4.78, 5) is 46.3. The Morgan fingerprint density at radius 1 is 0.633 bits per heavy atom. The second kappa shape index (κ2) is 18.8. The number of ether oxygens (including phenoxy) is 6. The van der Waals surface area contributed by atoms with E-state index < -0.39 is 38.7 Å². The molecule has 0 saturated heterocycles. The minimum atomic E-state index is -2.10. The van der Waals surface area contributed by atoms with Crippen LogP contribution < -0.4 is 29.6 Å². The summed E-state index contributed by atoms with van der Waals surface area (Å²) in [5.41, 5.74) is -0.172. The van der Waals surface area contributed by atoms with E-state index in [1.165, 1.54) is 52.7 Å². The fourth-order valence-electron chi connectivity index (χ4n) is 5.04. The highest BCUT2D eigenvalue weighted by Gasteiger charge is 2.32. The van der Waals surface area contributed by atoms with Crippen LogP contribution in [-0.4, -0.2) is 80.2 Å². The van der Waals surface area contributed by atoms with Crippen LogP contribution in [0.2, 0.25) is 38.3 Å². The SMILES string of the molecule is COc1cc(COC(=O)NCCC[Si](C)(C)O[Si](C)(C)CCCNC(=O)OCc2cc(OC)c(OC)cc2[N+](=O)[O-])c([N+](=O)[O-])cc1OC. The zero-order valence-corrected chi connectivity index (χ0v) is 31.2. The summed E-state index contributed by atoms with van der Waals surface area (Å²) in [5, 5.41) is 28.3. The minimum Gasteiger partial charge on any atom is -0.493 e. The van der Waals surface area contributed by atoms with Crippen molar-refractivity contribution in [3.05, 3.63) is 55.6 Å². The fourth-order valence-corrected chi connectivity index (χ4v) is 13.9. The van der Waals surface area contributed by atoms with E-state index in [0.29, 0.717) is 25.9 Å². The summed E-state index contributed by atoms with van der Waals surface area (Å²) in [6.07, 6.45) is -0.0960. The van der Waals surface area contributed by atoms with Crippen molar-refractivity contribution in [2.24, 2.45) is 0 Å². The first-order valence-corrected chi connectivity index (χ1v) is 21.6. The van der Waals surface area contributed by atoms with Crippen molar-refractivity contribution >= 4 is 40.2 Å². The van der Waals surface area contributed by atoms with E-state index in [0.717, 1.165) is 12.1 Å². The molecule has 49 heavy (non-hydrogen) atoms. The maximum absolute atomic E-state index is 12.3. The predicted octanol–water partition coefficient (Wildman–Crippen LogP) is 5.90. The average molecular weight is 727 g/mol. The first-order chi connectivity index (χ1) is 23.1. The molecule has 19 heteroatoms. The second-order valence-electron chi connectivity index (χ2n) is 12.0. The smallest absolute Gasteiger partial charge is 0.407 e. The molecule has 0 aliphatic carbocycles. The zero-order chi connectivity index (χ0) is 36.8. The van der Waals surface area contributed by atoms with E-state index in [4.69, 9.17) is 32.5 Å². The van der Waals surface area contributed by atoms with Crippen molar-refractivity contribution in [3.63, 3.8) is 0 Å². The van der Waals surface area contributed by atoms with Gasteiger partial charge in [-0.3, -0.25) is 20.2 Å². The number of amides is 2. The van der Waals surface area contributed by atoms with Crippen LogP contribution in [0.3, 0.4) is 0 Å². The van der Waals surface area contributed by atoms with E-state index in [1.54, 1.807) is 0 Å². The average Bonchev–Trinajstić information content (AvgIpc) is 3.05. The van der Waals surface area contributed by atoms with Gasteiger partial charge in [0.25, 0.3) is 11.4 Å². The van der Waals surface area contributed by atoms with E-state index in [1.807, 2.05) is 0 Å². The molecule has 0 unspecified atom stereocenters. The van der Waals surface area contributed by atoms with Gasteiger partial charge in [-0.05, 0) is 63.3 Å². The van der Waals surface area contributed by atoms with Gasteiger partial charge in [0, 0.05) is 13.1 Å². The molecular formula is C30H46N4O13Si2. The fraction of sp³-hybridized carbons (Fsp3) is 0.533. The first-order valence-electron chi connectivity index (χ1n) is 15.4. The van der Waals surface area contributed by atoms with Crippen LogP contribution in [0.1, 0.15) is 24.0 Å². The topological polar surface area (TPSA) is 209 Å². The number of hydrogen-bond donors (Lipinski definition) is 2. The maximum Gasteiger partial charge on any atom is 0.407 e. The summed E-state index contributed by atoms with van der Waals surface area (Å²) < 4.78 is 37.6. The molecule has 17 nitrogen and oxygen atoms in total. The van der Waals surface area contributed by atoms with Gasteiger partial charge < -0.3 is 43.2 Å². The Morgan fingerprint density at radius 2 is 0.959 bits per heavy atom. The quantitative estimate of drug-likeness (QED) is 0.0706. The molecule has 2 rings (SSSR count). The van der Waals surface area contributed by atoms with Gasteiger partial charge in [-0.15, -0.1) is 0 Å². The number of rotatable bonds is 20. The van der Waals surface area contributed by atoms with Gasteiger partial charge in [-0.1, -0.05) is 0 Å². The van der Waals surface area contributed by atoms with Gasteiger partial charge in [-0.25, -0.2) is 9.59 Å². The number of carbonyl (C=O) groups excluding carboxylic acids is 2. The Bertz CT molecular complexity index is 1370. The molecule has 0 aliphatic rings. The van der Waals surface area contributed by atoms with Gasteiger partial charge in [-0.2, -0.15) is 0 Å². The number of benzene rings is 2. The summed E-state index contributed by atoms with van der Waals surface area (Å²) in [7, 11) is 1.34. The highest BCUT2D eigenvalue weighted by Crippen LogP contribution is 2.36. The molecular weight excluding hydrogens is 681 g/mol. The molecule has 0 bridgehead atoms. The third kappa shape index (κ3) is 13.1. The molecule has 0 spiro atoms. The number of nitrogens with zero attached hydrogens (tertiary/aromatic N) is 2. The molecule has 0 aliphatic heterocycles. The van der Waals surface area contributed by atoms with Gasteiger partial charge in [0.05, 0.1) is 61.5 Å². The third-order valence-electron chi connectivity index (χ3n) is 7.28. The molecule has 2 aromatic carbocycles. The molecule has 0 atom stereocenters. The lowest BCUT2D eigenvalue weighted by Crippen LogP contribution is -2.45. The Labute approximate surface area is 287 Å². The van der Waals surface area contributed by atoms with Gasteiger partial charge in [0.2, 0.25) is 0 Å². The van der Waals surface area contributed by atoms with Crippen LogP contribution in [-0.2, 0) is 26.8 Å². The minimum absolute atomic E-state index is 0.167. The second-order valence-corrected chi connectivity index (χ2v) is 20.9. The number of nitro groups is 2. The molecule has 2 N–H and O–H groups in total. The Kier molecular flexibility index (Phi) is 15.6. The largest absolute Gasteiger partial charge is 0.493 e. The first kappa shape index (κ1) is 40.5. The highest BCUT2D eigenvalue weighted by atomic mass is 28.4.